The number of nitrogens with zero attached hydrogens (tertiary/aromatic N) is 4. The summed E-state index contributed by atoms with van der Waals surface area (Å²) in [5, 5.41) is 14.3. The summed E-state index contributed by atoms with van der Waals surface area (Å²) in [7, 11) is 3.31. The molecule has 3 aromatic carbocycles. The lowest BCUT2D eigenvalue weighted by molar-refractivity contribution is -0.139. The smallest absolute Gasteiger partial charge is 0.416 e. The summed E-state index contributed by atoms with van der Waals surface area (Å²) in [6.45, 7) is 9.88. The zero-order valence-corrected chi connectivity index (χ0v) is 37.3. The van der Waals surface area contributed by atoms with Gasteiger partial charge in [-0.25, -0.2) is 0 Å². The van der Waals surface area contributed by atoms with Crippen LogP contribution in [-0.2, 0) is 36.5 Å². The van der Waals surface area contributed by atoms with Crippen LogP contribution in [0.15, 0.2) is 85.1 Å². The number of carboxylic acids is 1. The Labute approximate surface area is 377 Å². The van der Waals surface area contributed by atoms with Crippen LogP contribution in [0.25, 0.3) is 11.3 Å². The quantitative estimate of drug-likeness (QED) is 0.0541. The van der Waals surface area contributed by atoms with Crippen molar-refractivity contribution in [3.63, 3.8) is 0 Å². The van der Waals surface area contributed by atoms with Gasteiger partial charge in [0.05, 0.1) is 69.6 Å². The van der Waals surface area contributed by atoms with Crippen LogP contribution in [0.5, 0.6) is 0 Å². The van der Waals surface area contributed by atoms with Crippen molar-refractivity contribution in [3.05, 3.63) is 113 Å². The number of amides is 3. The number of likely N-dealkylation sites (N-methyl/N-ethyl adjacent to an activating group) is 1. The molecule has 1 heterocycles. The van der Waals surface area contributed by atoms with Crippen LogP contribution in [0.1, 0.15) is 62.5 Å². The molecule has 0 aliphatic carbocycles. The second-order valence-corrected chi connectivity index (χ2v) is 14.8. The van der Waals surface area contributed by atoms with Crippen LogP contribution in [0.3, 0.4) is 0 Å². The molecule has 0 aliphatic heterocycles. The van der Waals surface area contributed by atoms with E-state index in [0.717, 1.165) is 17.8 Å². The predicted octanol–water partition coefficient (Wildman–Crippen LogP) is 6.34. The summed E-state index contributed by atoms with van der Waals surface area (Å²) in [6.07, 6.45) is -3.12. The SMILES string of the molecule is CCN(CC)c1ccc(NC(=O)c2cccc(C(=O)N(C)CCN(CCOC)CCOCCOCCOCCC(=O)O)c2)c(-c2cc(C(=O)NCc3cccc(C(F)(F)F)c3)ccn2)c1. The molecule has 3 amide bonds. The average Bonchev–Trinajstić information content (AvgIpc) is 3.30. The number of carbonyl (C=O) groups excluding carboxylic acids is 3. The van der Waals surface area contributed by atoms with Crippen molar-refractivity contribution < 1.29 is 56.4 Å². The van der Waals surface area contributed by atoms with E-state index >= 15 is 0 Å². The molecule has 0 fully saturated rings. The van der Waals surface area contributed by atoms with Gasteiger partial charge in [-0.3, -0.25) is 29.1 Å². The lowest BCUT2D eigenvalue weighted by Crippen LogP contribution is -2.39. The maximum absolute atomic E-state index is 13.9. The van der Waals surface area contributed by atoms with Crippen LogP contribution >= 0.6 is 0 Å². The van der Waals surface area contributed by atoms with Crippen LogP contribution in [0, 0.1) is 0 Å². The highest BCUT2D eigenvalue weighted by atomic mass is 19.4. The summed E-state index contributed by atoms with van der Waals surface area (Å²) in [5.74, 6) is -2.18. The van der Waals surface area contributed by atoms with Crippen molar-refractivity contribution >= 4 is 35.1 Å². The van der Waals surface area contributed by atoms with Gasteiger partial charge in [-0.15, -0.1) is 0 Å². The Morgan fingerprint density at radius 2 is 1.38 bits per heavy atom. The molecule has 1 aromatic heterocycles. The van der Waals surface area contributed by atoms with Crippen LogP contribution in [0.2, 0.25) is 0 Å². The van der Waals surface area contributed by atoms with Crippen molar-refractivity contribution in [1.82, 2.24) is 20.1 Å². The van der Waals surface area contributed by atoms with Gasteiger partial charge in [0.2, 0.25) is 0 Å². The summed E-state index contributed by atoms with van der Waals surface area (Å²) in [5.41, 5.74) is 2.42. The number of benzene rings is 3. The van der Waals surface area contributed by atoms with Crippen molar-refractivity contribution in [2.45, 2.75) is 33.0 Å². The van der Waals surface area contributed by atoms with Gasteiger partial charge in [0, 0.05) is 94.1 Å². The highest BCUT2D eigenvalue weighted by Gasteiger charge is 2.30. The molecule has 0 saturated heterocycles. The average molecular weight is 909 g/mol. The molecule has 0 aliphatic rings. The Hall–Kier alpha value is -5.92. The van der Waals surface area contributed by atoms with E-state index in [9.17, 15) is 32.3 Å². The van der Waals surface area contributed by atoms with Crippen LogP contribution in [-0.4, -0.2) is 143 Å². The molecular weight excluding hydrogens is 850 g/mol. The molecule has 4 rings (SSSR count). The first-order valence-electron chi connectivity index (χ1n) is 21.4. The number of rotatable bonds is 28. The molecule has 3 N–H and O–H groups in total. The Morgan fingerprint density at radius 3 is 2.08 bits per heavy atom. The summed E-state index contributed by atoms with van der Waals surface area (Å²) < 4.78 is 61.4. The predicted molar refractivity (Wildman–Crippen MR) is 240 cm³/mol. The number of carbonyl (C=O) groups is 4. The van der Waals surface area contributed by atoms with E-state index in [-0.39, 0.29) is 42.2 Å². The summed E-state index contributed by atoms with van der Waals surface area (Å²) >= 11 is 0. The third kappa shape index (κ3) is 17.2. The number of carboxylic acid groups (broad SMARTS) is 1. The van der Waals surface area contributed by atoms with Crippen molar-refractivity contribution in [2.24, 2.45) is 0 Å². The maximum Gasteiger partial charge on any atom is 0.416 e. The molecule has 0 radical (unpaired) electrons. The van der Waals surface area contributed by atoms with E-state index in [4.69, 9.17) is 24.1 Å². The van der Waals surface area contributed by atoms with E-state index in [1.165, 1.54) is 30.5 Å². The number of nitrogens with one attached hydrogen (secondary N) is 2. The second kappa shape index (κ2) is 26.8. The molecule has 352 valence electrons. The molecule has 0 saturated carbocycles. The Balaban J connectivity index is 1.39. The molecular formula is C47H59F3N6O9. The zero-order valence-electron chi connectivity index (χ0n) is 37.3. The van der Waals surface area contributed by atoms with Crippen LogP contribution < -0.4 is 15.5 Å². The molecule has 15 nitrogen and oxygen atoms in total. The number of hydrogen-bond acceptors (Lipinski definition) is 11. The fraction of sp³-hybridized carbons (Fsp3) is 0.426. The van der Waals surface area contributed by atoms with Crippen molar-refractivity contribution in [2.75, 3.05) is 110 Å². The highest BCUT2D eigenvalue weighted by Crippen LogP contribution is 2.33. The first-order chi connectivity index (χ1) is 31.2. The second-order valence-electron chi connectivity index (χ2n) is 14.8. The molecule has 4 aromatic rings. The number of ether oxygens (including phenoxy) is 4. The largest absolute Gasteiger partial charge is 0.481 e. The van der Waals surface area contributed by atoms with Gasteiger partial charge in [-0.1, -0.05) is 18.2 Å². The minimum Gasteiger partial charge on any atom is -0.481 e. The van der Waals surface area contributed by atoms with Crippen LogP contribution in [0.4, 0.5) is 24.5 Å². The minimum absolute atomic E-state index is 0.0536. The number of alkyl halides is 3. The Morgan fingerprint density at radius 1 is 0.723 bits per heavy atom. The molecule has 0 spiro atoms. The molecule has 18 heteroatoms. The minimum atomic E-state index is -4.51. The zero-order chi connectivity index (χ0) is 47.2. The number of pyridine rings is 1. The van der Waals surface area contributed by atoms with Gasteiger partial charge < -0.3 is 44.5 Å². The topological polar surface area (TPSA) is 172 Å². The van der Waals surface area contributed by atoms with Gasteiger partial charge in [0.15, 0.2) is 0 Å². The third-order valence-electron chi connectivity index (χ3n) is 10.2. The molecule has 0 bridgehead atoms. The fourth-order valence-corrected chi connectivity index (χ4v) is 6.55. The van der Waals surface area contributed by atoms with E-state index in [0.29, 0.717) is 101 Å². The summed E-state index contributed by atoms with van der Waals surface area (Å²) in [4.78, 5) is 61.6. The lowest BCUT2D eigenvalue weighted by atomic mass is 10.0. The van der Waals surface area contributed by atoms with E-state index < -0.39 is 29.5 Å². The Bertz CT molecular complexity index is 2150. The molecule has 0 atom stereocenters. The number of methoxy groups -OCH3 is 1. The van der Waals surface area contributed by atoms with Gasteiger partial charge in [0.1, 0.15) is 0 Å². The standard InChI is InChI=1S/C47H59F3N6O9/c1-5-56(6-2)39-13-14-41(40(32-39)42-31-36(15-17-51-42)44(59)52-33-34-9-7-12-38(29-34)47(48,49)50)53-45(60)35-10-8-11-37(30-35)46(61)54(3)18-19-55(20-23-62-4)21-24-64-26-28-65-27-25-63-22-16-43(57)58/h7-15,17,29-32H,5-6,16,18-28,33H2,1-4H3,(H,52,59)(H,53,60)(H,57,58). The molecule has 0 unspecified atom stereocenters. The number of hydrogen-bond donors (Lipinski definition) is 3. The van der Waals surface area contributed by atoms with E-state index in [1.807, 2.05) is 26.0 Å². The normalized spacial score (nSPS) is 11.4. The number of aliphatic carboxylic acids is 1. The monoisotopic (exact) mass is 908 g/mol. The first-order valence-corrected chi connectivity index (χ1v) is 21.4. The number of aromatic nitrogens is 1. The van der Waals surface area contributed by atoms with Crippen molar-refractivity contribution in [3.8, 4) is 11.3 Å². The van der Waals surface area contributed by atoms with Gasteiger partial charge in [0.25, 0.3) is 17.7 Å². The summed E-state index contributed by atoms with van der Waals surface area (Å²) in [6, 6.07) is 19.7. The van der Waals surface area contributed by atoms with Gasteiger partial charge in [-0.05, 0) is 80.1 Å². The fourth-order valence-electron chi connectivity index (χ4n) is 6.55. The van der Waals surface area contributed by atoms with Gasteiger partial charge >= 0.3 is 12.1 Å². The van der Waals surface area contributed by atoms with E-state index in [1.54, 1.807) is 49.4 Å². The van der Waals surface area contributed by atoms with Crippen molar-refractivity contribution in [1.29, 1.82) is 0 Å². The van der Waals surface area contributed by atoms with Gasteiger partial charge in [-0.2, -0.15) is 13.2 Å². The highest BCUT2D eigenvalue weighted by molar-refractivity contribution is 6.08. The number of halogens is 3. The third-order valence-corrected chi connectivity index (χ3v) is 10.2. The maximum atomic E-state index is 13.9. The van der Waals surface area contributed by atoms with E-state index in [2.05, 4.69) is 25.4 Å². The molecule has 65 heavy (non-hydrogen) atoms. The lowest BCUT2D eigenvalue weighted by Gasteiger charge is -2.25. The Kier molecular flexibility index (Phi) is 21.3. The number of anilines is 2. The first kappa shape index (κ1) is 51.7.